The van der Waals surface area contributed by atoms with Crippen LogP contribution < -0.4 is 15.6 Å². The van der Waals surface area contributed by atoms with Gasteiger partial charge >= 0.3 is 0 Å². The summed E-state index contributed by atoms with van der Waals surface area (Å²) in [7, 11) is 0. The maximum atomic E-state index is 12.5. The topological polar surface area (TPSA) is 97.0 Å². The van der Waals surface area contributed by atoms with Crippen molar-refractivity contribution in [2.24, 2.45) is 0 Å². The van der Waals surface area contributed by atoms with Crippen LogP contribution in [-0.4, -0.2) is 20.9 Å². The van der Waals surface area contributed by atoms with Crippen LogP contribution in [0.3, 0.4) is 0 Å². The summed E-state index contributed by atoms with van der Waals surface area (Å²) >= 11 is 0. The molecule has 0 saturated carbocycles. The Hall–Kier alpha value is -4.26. The van der Waals surface area contributed by atoms with Gasteiger partial charge in [-0.15, -0.1) is 0 Å². The molecule has 1 amide bonds. The fraction of sp³-hybridized carbons (Fsp3) is 0.120. The van der Waals surface area contributed by atoms with Crippen LogP contribution in [0.15, 0.2) is 83.8 Å². The van der Waals surface area contributed by atoms with Crippen molar-refractivity contribution >= 4 is 5.91 Å². The first-order valence-corrected chi connectivity index (χ1v) is 10.2. The van der Waals surface area contributed by atoms with Crippen LogP contribution in [0, 0.1) is 6.92 Å². The zero-order valence-corrected chi connectivity index (χ0v) is 17.5. The van der Waals surface area contributed by atoms with Gasteiger partial charge in [0.1, 0.15) is 17.2 Å². The molecule has 4 rings (SSSR count). The van der Waals surface area contributed by atoms with E-state index in [-0.39, 0.29) is 17.9 Å². The zero-order chi connectivity index (χ0) is 22.3. The Morgan fingerprint density at radius 2 is 1.78 bits per heavy atom. The molecule has 4 aromatic rings. The summed E-state index contributed by atoms with van der Waals surface area (Å²) in [5, 5.41) is 2.85. The lowest BCUT2D eigenvalue weighted by Gasteiger charge is -2.10. The van der Waals surface area contributed by atoms with Gasteiger partial charge in [-0.3, -0.25) is 14.6 Å². The average molecular weight is 426 g/mol. The van der Waals surface area contributed by atoms with E-state index in [0.717, 1.165) is 11.3 Å². The van der Waals surface area contributed by atoms with Crippen LogP contribution in [0.5, 0.6) is 11.5 Å². The number of rotatable bonds is 7. The second kappa shape index (κ2) is 9.70. The summed E-state index contributed by atoms with van der Waals surface area (Å²) in [6.07, 6.45) is 1.57. The third-order valence-electron chi connectivity index (χ3n) is 4.83. The van der Waals surface area contributed by atoms with Gasteiger partial charge in [-0.1, -0.05) is 36.4 Å². The largest absolute Gasteiger partial charge is 0.457 e. The summed E-state index contributed by atoms with van der Waals surface area (Å²) in [5.41, 5.74) is 1.96. The van der Waals surface area contributed by atoms with E-state index in [2.05, 4.69) is 20.3 Å². The fourth-order valence-corrected chi connectivity index (χ4v) is 3.21. The van der Waals surface area contributed by atoms with E-state index in [9.17, 15) is 9.59 Å². The third kappa shape index (κ3) is 5.26. The molecule has 2 aromatic heterocycles. The second-order valence-corrected chi connectivity index (χ2v) is 7.21. The minimum Gasteiger partial charge on any atom is -0.457 e. The first-order valence-electron chi connectivity index (χ1n) is 10.2. The number of nitrogens with one attached hydrogen (secondary N) is 2. The van der Waals surface area contributed by atoms with Crippen molar-refractivity contribution in [3.05, 3.63) is 106 Å². The monoisotopic (exact) mass is 426 g/mol. The highest BCUT2D eigenvalue weighted by atomic mass is 16.5. The Labute approximate surface area is 185 Å². The Balaban J connectivity index is 1.39. The average Bonchev–Trinajstić information content (AvgIpc) is 2.81. The molecule has 2 heterocycles. The molecule has 0 unspecified atom stereocenters. The number of nitrogens with zero attached hydrogens (tertiary/aromatic N) is 2. The molecule has 7 heteroatoms. The number of hydrogen-bond acceptors (Lipinski definition) is 5. The number of aryl methyl sites for hydroxylation is 1. The van der Waals surface area contributed by atoms with Gasteiger partial charge in [0.25, 0.3) is 5.56 Å². The number of benzene rings is 2. The summed E-state index contributed by atoms with van der Waals surface area (Å²) in [6.45, 7) is 2.04. The van der Waals surface area contributed by atoms with E-state index >= 15 is 0 Å². The normalized spacial score (nSPS) is 10.5. The molecule has 0 spiro atoms. The number of H-pyrrole nitrogens is 1. The molecule has 0 bridgehead atoms. The van der Waals surface area contributed by atoms with Crippen molar-refractivity contribution in [2.75, 3.05) is 0 Å². The first kappa shape index (κ1) is 21.0. The Kier molecular flexibility index (Phi) is 6.36. The number of amides is 1. The molecule has 2 N–H and O–H groups in total. The Morgan fingerprint density at radius 3 is 2.53 bits per heavy atom. The van der Waals surface area contributed by atoms with Crippen molar-refractivity contribution in [3.8, 4) is 23.0 Å². The number of pyridine rings is 1. The number of aromatic nitrogens is 3. The SMILES string of the molecule is Cc1nc(-c2ccccn2)[nH]c(=O)c1CC(=O)NCc1cccc(Oc2ccccc2)c1. The minimum atomic E-state index is -0.341. The predicted molar refractivity (Wildman–Crippen MR) is 121 cm³/mol. The van der Waals surface area contributed by atoms with Crippen LogP contribution in [0.2, 0.25) is 0 Å². The lowest BCUT2D eigenvalue weighted by atomic mass is 10.1. The van der Waals surface area contributed by atoms with Gasteiger partial charge in [0, 0.05) is 24.0 Å². The number of hydrogen-bond donors (Lipinski definition) is 2. The molecule has 7 nitrogen and oxygen atoms in total. The molecule has 0 saturated heterocycles. The highest BCUT2D eigenvalue weighted by molar-refractivity contribution is 5.78. The first-order chi connectivity index (χ1) is 15.6. The van der Waals surface area contributed by atoms with Gasteiger partial charge in [-0.25, -0.2) is 4.98 Å². The molecule has 0 aliphatic heterocycles. The maximum absolute atomic E-state index is 12.5. The standard InChI is InChI=1S/C25H22N4O3/c1-17-21(25(31)29-24(28-17)22-12-5-6-13-26-22)15-23(30)27-16-18-8-7-11-20(14-18)32-19-9-3-2-4-10-19/h2-14H,15-16H2,1H3,(H,27,30)(H,28,29,31). The van der Waals surface area contributed by atoms with E-state index in [1.807, 2.05) is 60.7 Å². The van der Waals surface area contributed by atoms with Gasteiger partial charge in [0.15, 0.2) is 5.82 Å². The summed E-state index contributed by atoms with van der Waals surface area (Å²) in [4.78, 5) is 36.4. The van der Waals surface area contributed by atoms with Crippen molar-refractivity contribution in [3.63, 3.8) is 0 Å². The van der Waals surface area contributed by atoms with Gasteiger partial charge < -0.3 is 15.0 Å². The molecule has 2 aromatic carbocycles. The summed E-state index contributed by atoms with van der Waals surface area (Å²) in [5.74, 6) is 1.54. The quantitative estimate of drug-likeness (QED) is 0.469. The van der Waals surface area contributed by atoms with Gasteiger partial charge in [0.05, 0.1) is 6.42 Å². The maximum Gasteiger partial charge on any atom is 0.255 e. The van der Waals surface area contributed by atoms with E-state index in [0.29, 0.717) is 35.1 Å². The van der Waals surface area contributed by atoms with E-state index in [1.165, 1.54) is 0 Å². The van der Waals surface area contributed by atoms with Gasteiger partial charge in [-0.2, -0.15) is 0 Å². The Bertz CT molecular complexity index is 1270. The van der Waals surface area contributed by atoms with Crippen LogP contribution in [-0.2, 0) is 17.8 Å². The molecule has 0 atom stereocenters. The lowest BCUT2D eigenvalue weighted by Crippen LogP contribution is -2.28. The number of ether oxygens (including phenoxy) is 1. The molecule has 0 fully saturated rings. The molecule has 0 aliphatic carbocycles. The fourth-order valence-electron chi connectivity index (χ4n) is 3.21. The Morgan fingerprint density at radius 1 is 1.00 bits per heavy atom. The highest BCUT2D eigenvalue weighted by Gasteiger charge is 2.14. The van der Waals surface area contributed by atoms with Gasteiger partial charge in [0.2, 0.25) is 5.91 Å². The number of carbonyl (C=O) groups is 1. The third-order valence-corrected chi connectivity index (χ3v) is 4.83. The zero-order valence-electron chi connectivity index (χ0n) is 17.5. The highest BCUT2D eigenvalue weighted by Crippen LogP contribution is 2.21. The summed E-state index contributed by atoms with van der Waals surface area (Å²) in [6, 6.07) is 22.4. The van der Waals surface area contributed by atoms with Crippen LogP contribution in [0.25, 0.3) is 11.5 Å². The molecule has 0 radical (unpaired) electrons. The second-order valence-electron chi connectivity index (χ2n) is 7.21. The van der Waals surface area contributed by atoms with Crippen molar-refractivity contribution in [1.82, 2.24) is 20.3 Å². The van der Waals surface area contributed by atoms with Crippen LogP contribution >= 0.6 is 0 Å². The predicted octanol–water partition coefficient (Wildman–Crippen LogP) is 3.79. The smallest absolute Gasteiger partial charge is 0.255 e. The lowest BCUT2D eigenvalue weighted by molar-refractivity contribution is -0.120. The minimum absolute atomic E-state index is 0.0587. The van der Waals surface area contributed by atoms with E-state index < -0.39 is 0 Å². The molecule has 0 aliphatic rings. The van der Waals surface area contributed by atoms with Crippen molar-refractivity contribution in [2.45, 2.75) is 19.9 Å². The molecule has 160 valence electrons. The van der Waals surface area contributed by atoms with Crippen molar-refractivity contribution < 1.29 is 9.53 Å². The summed E-state index contributed by atoms with van der Waals surface area (Å²) < 4.78 is 5.83. The molecule has 32 heavy (non-hydrogen) atoms. The molecular weight excluding hydrogens is 404 g/mol. The van der Waals surface area contributed by atoms with Crippen LogP contribution in [0.4, 0.5) is 0 Å². The van der Waals surface area contributed by atoms with Crippen molar-refractivity contribution in [1.29, 1.82) is 0 Å². The number of para-hydroxylation sites is 1. The molecular formula is C25H22N4O3. The van der Waals surface area contributed by atoms with E-state index in [4.69, 9.17) is 4.74 Å². The van der Waals surface area contributed by atoms with Crippen LogP contribution in [0.1, 0.15) is 16.8 Å². The number of aromatic amines is 1. The number of carbonyl (C=O) groups excluding carboxylic acids is 1. The van der Waals surface area contributed by atoms with E-state index in [1.54, 1.807) is 25.3 Å². The van der Waals surface area contributed by atoms with Gasteiger partial charge in [-0.05, 0) is 48.9 Å².